The number of carbonyl (C=O) groups excluding carboxylic acids is 1. The summed E-state index contributed by atoms with van der Waals surface area (Å²) in [6.07, 6.45) is 5.21. The van der Waals surface area contributed by atoms with Gasteiger partial charge in [0.25, 0.3) is 0 Å². The summed E-state index contributed by atoms with van der Waals surface area (Å²) in [5.74, 6) is 0.00749. The number of ketones is 1. The van der Waals surface area contributed by atoms with Gasteiger partial charge in [0.1, 0.15) is 5.75 Å². The number of phenolic OH excluding ortho intramolecular Hbond substituents is 1. The molecule has 21 heavy (non-hydrogen) atoms. The molecule has 1 N–H and O–H groups in total. The summed E-state index contributed by atoms with van der Waals surface area (Å²) in [5.41, 5.74) is 1.43. The van der Waals surface area contributed by atoms with Crippen molar-refractivity contribution in [2.45, 2.75) is 38.6 Å². The summed E-state index contributed by atoms with van der Waals surface area (Å²) in [7, 11) is 0. The third-order valence-electron chi connectivity index (χ3n) is 4.80. The molecule has 0 radical (unpaired) electrons. The SMILES string of the molecule is CC(=O)c1ccc(N2CCC(N3CCCCC3)C2)cc1O. The fourth-order valence-electron chi connectivity index (χ4n) is 3.57. The smallest absolute Gasteiger partial charge is 0.163 e. The molecule has 2 aliphatic heterocycles. The van der Waals surface area contributed by atoms with Gasteiger partial charge in [0.2, 0.25) is 0 Å². The van der Waals surface area contributed by atoms with E-state index < -0.39 is 0 Å². The molecule has 0 saturated carbocycles. The number of likely N-dealkylation sites (tertiary alicyclic amines) is 1. The van der Waals surface area contributed by atoms with E-state index in [0.29, 0.717) is 11.6 Å². The Morgan fingerprint density at radius 3 is 2.62 bits per heavy atom. The van der Waals surface area contributed by atoms with Crippen LogP contribution in [-0.4, -0.2) is 48.0 Å². The molecule has 4 nitrogen and oxygen atoms in total. The second-order valence-electron chi connectivity index (χ2n) is 6.24. The lowest BCUT2D eigenvalue weighted by molar-refractivity contribution is 0.101. The maximum Gasteiger partial charge on any atom is 0.163 e. The standard InChI is InChI=1S/C17H24N2O2/c1-13(20)16-6-5-14(11-17(16)21)19-10-7-15(12-19)18-8-3-2-4-9-18/h5-6,11,15,21H,2-4,7-10,12H2,1H3. The van der Waals surface area contributed by atoms with E-state index in [1.807, 2.05) is 6.07 Å². The number of anilines is 1. The average molecular weight is 288 g/mol. The molecule has 0 bridgehead atoms. The van der Waals surface area contributed by atoms with Crippen LogP contribution in [0.1, 0.15) is 43.0 Å². The fourth-order valence-corrected chi connectivity index (χ4v) is 3.57. The van der Waals surface area contributed by atoms with Crippen LogP contribution in [0.3, 0.4) is 0 Å². The monoisotopic (exact) mass is 288 g/mol. The third-order valence-corrected chi connectivity index (χ3v) is 4.80. The molecule has 2 saturated heterocycles. The van der Waals surface area contributed by atoms with Crippen LogP contribution in [0, 0.1) is 0 Å². The number of nitrogens with zero attached hydrogens (tertiary/aromatic N) is 2. The zero-order valence-electron chi connectivity index (χ0n) is 12.7. The second-order valence-corrected chi connectivity index (χ2v) is 6.24. The largest absolute Gasteiger partial charge is 0.507 e. The highest BCUT2D eigenvalue weighted by Gasteiger charge is 2.28. The lowest BCUT2D eigenvalue weighted by Gasteiger charge is -2.32. The van der Waals surface area contributed by atoms with Crippen LogP contribution >= 0.6 is 0 Å². The Morgan fingerprint density at radius 2 is 1.95 bits per heavy atom. The van der Waals surface area contributed by atoms with Gasteiger partial charge in [0.15, 0.2) is 5.78 Å². The van der Waals surface area contributed by atoms with Gasteiger partial charge in [-0.25, -0.2) is 0 Å². The Bertz CT molecular complexity index is 524. The molecule has 4 heteroatoms. The van der Waals surface area contributed by atoms with Gasteiger partial charge in [0.05, 0.1) is 5.56 Å². The number of piperidine rings is 1. The van der Waals surface area contributed by atoms with E-state index in [4.69, 9.17) is 0 Å². The summed E-state index contributed by atoms with van der Waals surface area (Å²) in [6, 6.07) is 6.06. The Hall–Kier alpha value is -1.55. The molecule has 114 valence electrons. The molecule has 1 aromatic rings. The van der Waals surface area contributed by atoms with Gasteiger partial charge in [0, 0.05) is 30.9 Å². The predicted molar refractivity (Wildman–Crippen MR) is 84.2 cm³/mol. The lowest BCUT2D eigenvalue weighted by atomic mass is 10.1. The van der Waals surface area contributed by atoms with Crippen molar-refractivity contribution in [1.82, 2.24) is 4.90 Å². The summed E-state index contributed by atoms with van der Waals surface area (Å²) < 4.78 is 0. The first-order valence-corrected chi connectivity index (χ1v) is 7.98. The van der Waals surface area contributed by atoms with Crippen molar-refractivity contribution < 1.29 is 9.90 Å². The first kappa shape index (κ1) is 14.4. The van der Waals surface area contributed by atoms with Gasteiger partial charge < -0.3 is 10.0 Å². The van der Waals surface area contributed by atoms with E-state index in [1.54, 1.807) is 12.1 Å². The summed E-state index contributed by atoms with van der Waals surface area (Å²) in [6.45, 7) is 6.00. The molecule has 0 aliphatic carbocycles. The number of rotatable bonds is 3. The van der Waals surface area contributed by atoms with E-state index in [9.17, 15) is 9.90 Å². The van der Waals surface area contributed by atoms with Gasteiger partial charge >= 0.3 is 0 Å². The van der Waals surface area contributed by atoms with E-state index >= 15 is 0 Å². The molecule has 1 unspecified atom stereocenters. The van der Waals surface area contributed by atoms with E-state index in [1.165, 1.54) is 45.7 Å². The van der Waals surface area contributed by atoms with Gasteiger partial charge in [-0.3, -0.25) is 9.69 Å². The first-order valence-electron chi connectivity index (χ1n) is 7.98. The molecular weight excluding hydrogens is 264 g/mol. The van der Waals surface area contributed by atoms with Gasteiger partial charge in [-0.2, -0.15) is 0 Å². The normalized spacial score (nSPS) is 23.5. The number of carbonyl (C=O) groups is 1. The van der Waals surface area contributed by atoms with Crippen LogP contribution < -0.4 is 4.90 Å². The van der Waals surface area contributed by atoms with Crippen molar-refractivity contribution in [2.24, 2.45) is 0 Å². The van der Waals surface area contributed by atoms with E-state index in [2.05, 4.69) is 9.80 Å². The highest BCUT2D eigenvalue weighted by Crippen LogP contribution is 2.29. The van der Waals surface area contributed by atoms with E-state index in [0.717, 1.165) is 18.8 Å². The Kier molecular flexibility index (Phi) is 4.15. The molecule has 0 spiro atoms. The number of Topliss-reactive ketones (excluding diaryl/α,β-unsaturated/α-hetero) is 1. The Morgan fingerprint density at radius 1 is 1.19 bits per heavy atom. The third kappa shape index (κ3) is 3.05. The Balaban J connectivity index is 1.68. The van der Waals surface area contributed by atoms with Crippen molar-refractivity contribution in [1.29, 1.82) is 0 Å². The topological polar surface area (TPSA) is 43.8 Å². The second kappa shape index (κ2) is 6.06. The lowest BCUT2D eigenvalue weighted by Crippen LogP contribution is -2.40. The van der Waals surface area contributed by atoms with Crippen molar-refractivity contribution in [3.05, 3.63) is 23.8 Å². The summed E-state index contributed by atoms with van der Waals surface area (Å²) >= 11 is 0. The molecule has 3 rings (SSSR count). The fraction of sp³-hybridized carbons (Fsp3) is 0.588. The molecule has 2 aliphatic rings. The summed E-state index contributed by atoms with van der Waals surface area (Å²) in [5, 5.41) is 9.98. The number of benzene rings is 1. The number of phenols is 1. The minimum atomic E-state index is -0.0911. The number of hydrogen-bond acceptors (Lipinski definition) is 4. The highest BCUT2D eigenvalue weighted by atomic mass is 16.3. The van der Waals surface area contributed by atoms with Crippen molar-refractivity contribution in [2.75, 3.05) is 31.1 Å². The quantitative estimate of drug-likeness (QED) is 0.869. The molecule has 0 aromatic heterocycles. The van der Waals surface area contributed by atoms with Crippen molar-refractivity contribution in [3.8, 4) is 5.75 Å². The average Bonchev–Trinajstić information content (AvgIpc) is 2.97. The maximum absolute atomic E-state index is 11.4. The van der Waals surface area contributed by atoms with Crippen LogP contribution in [0.2, 0.25) is 0 Å². The predicted octanol–water partition coefficient (Wildman–Crippen LogP) is 2.66. The molecule has 0 amide bonds. The number of aromatic hydroxyl groups is 1. The zero-order valence-corrected chi connectivity index (χ0v) is 12.7. The van der Waals surface area contributed by atoms with Crippen LogP contribution in [0.4, 0.5) is 5.69 Å². The van der Waals surface area contributed by atoms with Gasteiger partial charge in [-0.1, -0.05) is 6.42 Å². The minimum Gasteiger partial charge on any atom is -0.507 e. The highest BCUT2D eigenvalue weighted by molar-refractivity contribution is 5.97. The first-order chi connectivity index (χ1) is 10.1. The van der Waals surface area contributed by atoms with Crippen LogP contribution in [0.15, 0.2) is 18.2 Å². The molecular formula is C17H24N2O2. The summed E-state index contributed by atoms with van der Waals surface area (Å²) in [4.78, 5) is 16.3. The molecule has 2 fully saturated rings. The minimum absolute atomic E-state index is 0.0911. The van der Waals surface area contributed by atoms with Gasteiger partial charge in [-0.05, 0) is 51.4 Å². The van der Waals surface area contributed by atoms with Crippen LogP contribution in [-0.2, 0) is 0 Å². The van der Waals surface area contributed by atoms with E-state index in [-0.39, 0.29) is 11.5 Å². The molecule has 1 aromatic carbocycles. The van der Waals surface area contributed by atoms with Crippen LogP contribution in [0.5, 0.6) is 5.75 Å². The Labute approximate surface area is 126 Å². The maximum atomic E-state index is 11.4. The zero-order chi connectivity index (χ0) is 14.8. The van der Waals surface area contributed by atoms with Gasteiger partial charge in [-0.15, -0.1) is 0 Å². The van der Waals surface area contributed by atoms with Crippen LogP contribution in [0.25, 0.3) is 0 Å². The van der Waals surface area contributed by atoms with Crippen molar-refractivity contribution in [3.63, 3.8) is 0 Å². The number of hydrogen-bond donors (Lipinski definition) is 1. The van der Waals surface area contributed by atoms with Crippen molar-refractivity contribution >= 4 is 11.5 Å². The molecule has 2 heterocycles. The molecule has 1 atom stereocenters.